The maximum absolute atomic E-state index is 5.55. The molecule has 0 radical (unpaired) electrons. The van der Waals surface area contributed by atoms with E-state index in [1.807, 2.05) is 7.11 Å². The minimum absolute atomic E-state index is 0.350. The second-order valence-electron chi connectivity index (χ2n) is 4.40. The summed E-state index contributed by atoms with van der Waals surface area (Å²) < 4.78 is 10.6. The number of hydrogen-bond acceptors (Lipinski definition) is 3. The molecule has 0 aromatic rings. The van der Waals surface area contributed by atoms with Crippen LogP contribution in [0, 0.1) is 5.41 Å². The van der Waals surface area contributed by atoms with Crippen molar-refractivity contribution in [1.29, 1.82) is 0 Å². The molecule has 1 N–H and O–H groups in total. The average molecular weight is 215 g/mol. The van der Waals surface area contributed by atoms with Crippen LogP contribution in [0.25, 0.3) is 0 Å². The molecule has 0 bridgehead atoms. The quantitative estimate of drug-likeness (QED) is 0.657. The molecule has 0 saturated heterocycles. The molecule has 1 aliphatic carbocycles. The summed E-state index contributed by atoms with van der Waals surface area (Å²) in [7, 11) is 3.57. The monoisotopic (exact) mass is 215 g/mol. The summed E-state index contributed by atoms with van der Waals surface area (Å²) >= 11 is 0. The van der Waals surface area contributed by atoms with Crippen LogP contribution in [0.1, 0.15) is 33.1 Å². The van der Waals surface area contributed by atoms with Gasteiger partial charge in [-0.2, -0.15) is 0 Å². The third kappa shape index (κ3) is 2.35. The topological polar surface area (TPSA) is 30.5 Å². The number of nitrogens with one attached hydrogen (secondary N) is 1. The molecule has 2 unspecified atom stereocenters. The Morgan fingerprint density at radius 2 is 1.93 bits per heavy atom. The lowest BCUT2D eigenvalue weighted by molar-refractivity contribution is -0.124. The van der Waals surface area contributed by atoms with Crippen molar-refractivity contribution in [3.05, 3.63) is 0 Å². The molecule has 0 aromatic heterocycles. The Labute approximate surface area is 93.5 Å². The maximum atomic E-state index is 5.55. The largest absolute Gasteiger partial charge is 0.383 e. The zero-order chi connectivity index (χ0) is 11.3. The highest BCUT2D eigenvalue weighted by Crippen LogP contribution is 2.48. The van der Waals surface area contributed by atoms with Crippen molar-refractivity contribution in [3.63, 3.8) is 0 Å². The van der Waals surface area contributed by atoms with Crippen LogP contribution in [0.15, 0.2) is 0 Å². The van der Waals surface area contributed by atoms with Crippen molar-refractivity contribution in [2.75, 3.05) is 27.4 Å². The molecule has 90 valence electrons. The summed E-state index contributed by atoms with van der Waals surface area (Å²) in [5.41, 5.74) is 0.350. The number of rotatable bonds is 7. The number of methoxy groups -OCH3 is 2. The Kier molecular flexibility index (Phi) is 5.03. The Bertz CT molecular complexity index is 180. The molecule has 1 fully saturated rings. The minimum atomic E-state index is 0.350. The van der Waals surface area contributed by atoms with Gasteiger partial charge in [-0.15, -0.1) is 0 Å². The van der Waals surface area contributed by atoms with E-state index in [0.717, 1.165) is 19.6 Å². The molecule has 2 atom stereocenters. The van der Waals surface area contributed by atoms with Crippen molar-refractivity contribution in [2.24, 2.45) is 5.41 Å². The SMILES string of the molecule is CCC1(CC)C(NCCOC)CC1OC. The van der Waals surface area contributed by atoms with Crippen molar-refractivity contribution in [2.45, 2.75) is 45.3 Å². The lowest BCUT2D eigenvalue weighted by atomic mass is 9.58. The highest BCUT2D eigenvalue weighted by Gasteiger charge is 2.52. The lowest BCUT2D eigenvalue weighted by Crippen LogP contribution is -2.63. The fraction of sp³-hybridized carbons (Fsp3) is 1.00. The van der Waals surface area contributed by atoms with Crippen molar-refractivity contribution < 1.29 is 9.47 Å². The molecule has 0 aliphatic heterocycles. The molecule has 3 nitrogen and oxygen atoms in total. The first-order valence-electron chi connectivity index (χ1n) is 6.00. The standard InChI is InChI=1S/C12H25NO2/c1-5-12(6-2)10(9-11(12)15-4)13-7-8-14-3/h10-11,13H,5-9H2,1-4H3. The molecular formula is C12H25NO2. The fourth-order valence-electron chi connectivity index (χ4n) is 2.90. The van der Waals surface area contributed by atoms with Gasteiger partial charge in [0.2, 0.25) is 0 Å². The second kappa shape index (κ2) is 5.83. The molecule has 3 heteroatoms. The molecule has 1 rings (SSSR count). The Hall–Kier alpha value is -0.120. The van der Waals surface area contributed by atoms with Crippen LogP contribution in [0.5, 0.6) is 0 Å². The van der Waals surface area contributed by atoms with E-state index in [9.17, 15) is 0 Å². The summed E-state index contributed by atoms with van der Waals surface area (Å²) in [6, 6.07) is 0.604. The molecule has 0 amide bonds. The summed E-state index contributed by atoms with van der Waals surface area (Å²) in [4.78, 5) is 0. The zero-order valence-corrected chi connectivity index (χ0v) is 10.5. The summed E-state index contributed by atoms with van der Waals surface area (Å²) in [5, 5.41) is 3.57. The third-order valence-electron chi connectivity index (χ3n) is 4.08. The molecule has 0 aromatic carbocycles. The van der Waals surface area contributed by atoms with Gasteiger partial charge in [-0.1, -0.05) is 13.8 Å². The van der Waals surface area contributed by atoms with E-state index in [1.165, 1.54) is 12.8 Å². The normalized spacial score (nSPS) is 28.8. The van der Waals surface area contributed by atoms with E-state index < -0.39 is 0 Å². The summed E-state index contributed by atoms with van der Waals surface area (Å²) in [5.74, 6) is 0. The Balaban J connectivity index is 2.45. The van der Waals surface area contributed by atoms with Gasteiger partial charge in [0.15, 0.2) is 0 Å². The molecular weight excluding hydrogens is 190 g/mol. The van der Waals surface area contributed by atoms with Gasteiger partial charge in [-0.25, -0.2) is 0 Å². The van der Waals surface area contributed by atoms with Crippen LogP contribution in [0.3, 0.4) is 0 Å². The van der Waals surface area contributed by atoms with E-state index in [4.69, 9.17) is 9.47 Å². The first-order chi connectivity index (χ1) is 7.25. The highest BCUT2D eigenvalue weighted by atomic mass is 16.5. The number of hydrogen-bond donors (Lipinski definition) is 1. The summed E-state index contributed by atoms with van der Waals surface area (Å²) in [6.45, 7) is 6.26. The number of ether oxygens (including phenoxy) is 2. The van der Waals surface area contributed by atoms with E-state index >= 15 is 0 Å². The fourth-order valence-corrected chi connectivity index (χ4v) is 2.90. The van der Waals surface area contributed by atoms with Gasteiger partial charge >= 0.3 is 0 Å². The Morgan fingerprint density at radius 1 is 1.27 bits per heavy atom. The van der Waals surface area contributed by atoms with Crippen LogP contribution in [0.2, 0.25) is 0 Å². The van der Waals surface area contributed by atoms with Crippen LogP contribution in [-0.2, 0) is 9.47 Å². The predicted molar refractivity (Wildman–Crippen MR) is 62.1 cm³/mol. The van der Waals surface area contributed by atoms with Crippen LogP contribution in [-0.4, -0.2) is 39.5 Å². The van der Waals surface area contributed by atoms with Gasteiger partial charge in [0.25, 0.3) is 0 Å². The van der Waals surface area contributed by atoms with Gasteiger partial charge in [-0.05, 0) is 19.3 Å². The third-order valence-corrected chi connectivity index (χ3v) is 4.08. The van der Waals surface area contributed by atoms with Gasteiger partial charge < -0.3 is 14.8 Å². The lowest BCUT2D eigenvalue weighted by Gasteiger charge is -2.55. The van der Waals surface area contributed by atoms with E-state index in [-0.39, 0.29) is 0 Å². The predicted octanol–water partition coefficient (Wildman–Crippen LogP) is 1.82. The smallest absolute Gasteiger partial charge is 0.0657 e. The first kappa shape index (κ1) is 12.9. The van der Waals surface area contributed by atoms with Crippen LogP contribution >= 0.6 is 0 Å². The highest BCUT2D eigenvalue weighted by molar-refractivity contribution is 5.06. The molecule has 0 heterocycles. The maximum Gasteiger partial charge on any atom is 0.0657 e. The van der Waals surface area contributed by atoms with Gasteiger partial charge in [0.05, 0.1) is 12.7 Å². The van der Waals surface area contributed by atoms with Crippen LogP contribution < -0.4 is 5.32 Å². The van der Waals surface area contributed by atoms with Gasteiger partial charge in [-0.3, -0.25) is 0 Å². The van der Waals surface area contributed by atoms with E-state index in [0.29, 0.717) is 17.6 Å². The molecule has 1 aliphatic rings. The van der Waals surface area contributed by atoms with Crippen molar-refractivity contribution in [1.82, 2.24) is 5.32 Å². The first-order valence-corrected chi connectivity index (χ1v) is 6.00. The van der Waals surface area contributed by atoms with E-state index in [2.05, 4.69) is 19.2 Å². The molecule has 1 saturated carbocycles. The average Bonchev–Trinajstić information content (AvgIpc) is 2.24. The van der Waals surface area contributed by atoms with E-state index in [1.54, 1.807) is 7.11 Å². The van der Waals surface area contributed by atoms with Crippen LogP contribution in [0.4, 0.5) is 0 Å². The summed E-state index contributed by atoms with van der Waals surface area (Å²) in [6.07, 6.45) is 3.95. The van der Waals surface area contributed by atoms with Crippen molar-refractivity contribution in [3.8, 4) is 0 Å². The van der Waals surface area contributed by atoms with Gasteiger partial charge in [0, 0.05) is 32.2 Å². The van der Waals surface area contributed by atoms with Gasteiger partial charge in [0.1, 0.15) is 0 Å². The minimum Gasteiger partial charge on any atom is -0.383 e. The Morgan fingerprint density at radius 3 is 2.40 bits per heavy atom. The second-order valence-corrected chi connectivity index (χ2v) is 4.40. The zero-order valence-electron chi connectivity index (χ0n) is 10.5. The molecule has 15 heavy (non-hydrogen) atoms. The van der Waals surface area contributed by atoms with Crippen molar-refractivity contribution >= 4 is 0 Å². The molecule has 0 spiro atoms.